The predicted molar refractivity (Wildman–Crippen MR) is 123 cm³/mol. The van der Waals surface area contributed by atoms with E-state index in [1.165, 1.54) is 6.21 Å². The van der Waals surface area contributed by atoms with E-state index in [4.69, 9.17) is 25.0 Å². The normalized spacial score (nSPS) is 19.1. The lowest BCUT2D eigenvalue weighted by Crippen LogP contribution is -2.44. The summed E-state index contributed by atoms with van der Waals surface area (Å²) in [5.74, 6) is -0.529. The monoisotopic (exact) mass is 577 g/mol. The van der Waals surface area contributed by atoms with Gasteiger partial charge in [-0.05, 0) is 13.0 Å². The summed E-state index contributed by atoms with van der Waals surface area (Å²) in [5, 5.41) is 18.8. The molecule has 0 amide bonds. The number of hydrogen-bond donors (Lipinski definition) is 7. The molecule has 1 aromatic heterocycles. The zero-order chi connectivity index (χ0) is 26.6. The maximum atomic E-state index is 11.6. The Morgan fingerprint density at radius 1 is 1.17 bits per heavy atom. The van der Waals surface area contributed by atoms with Crippen LogP contribution < -0.4 is 4.57 Å². The summed E-state index contributed by atoms with van der Waals surface area (Å²) in [6.45, 7) is 2.29. The second kappa shape index (κ2) is 11.7. The van der Waals surface area contributed by atoms with Gasteiger partial charge in [0.05, 0.1) is 18.1 Å². The average molecular weight is 577 g/mol. The van der Waals surface area contributed by atoms with Crippen LogP contribution in [0.15, 0.2) is 16.1 Å². The van der Waals surface area contributed by atoms with Crippen LogP contribution in [0.4, 0.5) is 0 Å². The minimum atomic E-state index is -5.27. The molecule has 0 aliphatic carbocycles. The molecule has 35 heavy (non-hydrogen) atoms. The fourth-order valence-corrected chi connectivity index (χ4v) is 5.83. The Morgan fingerprint density at radius 2 is 1.83 bits per heavy atom. The molecule has 0 radical (unpaired) electrons. The topological polar surface area (TPSA) is 253 Å². The number of aliphatic imine (C=N–C) groups is 2. The third-order valence-corrected chi connectivity index (χ3v) is 8.30. The van der Waals surface area contributed by atoms with E-state index in [2.05, 4.69) is 23.3 Å². The van der Waals surface area contributed by atoms with E-state index in [0.29, 0.717) is 16.4 Å². The van der Waals surface area contributed by atoms with E-state index < -0.39 is 48.4 Å². The molecular weight excluding hydrogens is 553 g/mol. The van der Waals surface area contributed by atoms with E-state index >= 15 is 0 Å². The van der Waals surface area contributed by atoms with Gasteiger partial charge in [-0.1, -0.05) is 11.3 Å². The van der Waals surface area contributed by atoms with Crippen molar-refractivity contribution >= 4 is 58.4 Å². The van der Waals surface area contributed by atoms with Crippen LogP contribution in [-0.2, 0) is 40.0 Å². The predicted octanol–water partition coefficient (Wildman–Crippen LogP) is 1.22. The van der Waals surface area contributed by atoms with Gasteiger partial charge in [0, 0.05) is 19.6 Å². The van der Waals surface area contributed by atoms with Crippen molar-refractivity contribution in [2.45, 2.75) is 26.8 Å². The minimum Gasteiger partial charge on any atom is -0.502 e. The molecule has 2 unspecified atom stereocenters. The van der Waals surface area contributed by atoms with Crippen LogP contribution in [0.2, 0.25) is 0 Å². The van der Waals surface area contributed by atoms with Gasteiger partial charge in [-0.25, -0.2) is 23.7 Å². The summed E-state index contributed by atoms with van der Waals surface area (Å²) >= 11 is 1.00. The highest BCUT2D eigenvalue weighted by atomic mass is 32.1. The van der Waals surface area contributed by atoms with Crippen molar-refractivity contribution in [1.29, 1.82) is 5.41 Å². The summed E-state index contributed by atoms with van der Waals surface area (Å²) in [4.78, 5) is 53.0. The van der Waals surface area contributed by atoms with Crippen molar-refractivity contribution in [2.75, 3.05) is 13.2 Å². The molecule has 0 aromatic carbocycles. The van der Waals surface area contributed by atoms with E-state index in [1.54, 1.807) is 18.4 Å². The highest BCUT2D eigenvalue weighted by molar-refractivity contribution is 7.60. The molecule has 7 N–H and O–H groups in total. The largest absolute Gasteiger partial charge is 0.502 e. The van der Waals surface area contributed by atoms with Crippen LogP contribution in [0.5, 0.6) is 0 Å². The number of phosphoric acid groups is 3. The Bertz CT molecular complexity index is 1200. The molecular formula is C15H24N4O12P3S+. The van der Waals surface area contributed by atoms with Crippen molar-refractivity contribution in [3.63, 3.8) is 0 Å². The maximum Gasteiger partial charge on any atom is 0.481 e. The lowest BCUT2D eigenvalue weighted by atomic mass is 10.1. The molecule has 0 spiro atoms. The Kier molecular flexibility index (Phi) is 9.98. The molecule has 2 heterocycles. The Balaban J connectivity index is 2.29. The van der Waals surface area contributed by atoms with Gasteiger partial charge in [-0.2, -0.15) is 8.88 Å². The van der Waals surface area contributed by atoms with Gasteiger partial charge in [-0.15, -0.1) is 0 Å². The summed E-state index contributed by atoms with van der Waals surface area (Å²) < 4.78 is 47.5. The van der Waals surface area contributed by atoms with E-state index in [1.807, 2.05) is 0 Å². The number of rotatable bonds is 12. The number of thiazole rings is 1. The summed E-state index contributed by atoms with van der Waals surface area (Å²) in [6.07, 6.45) is 2.51. The van der Waals surface area contributed by atoms with Crippen molar-refractivity contribution in [1.82, 2.24) is 0 Å². The van der Waals surface area contributed by atoms with Gasteiger partial charge in [0.15, 0.2) is 18.0 Å². The smallest absolute Gasteiger partial charge is 0.481 e. The zero-order valence-electron chi connectivity index (χ0n) is 18.3. The first kappa shape index (κ1) is 29.8. The van der Waals surface area contributed by atoms with E-state index in [0.717, 1.165) is 17.4 Å². The zero-order valence-corrected chi connectivity index (χ0v) is 21.8. The number of hydrogen-bond acceptors (Lipinski definition) is 10. The van der Waals surface area contributed by atoms with Gasteiger partial charge in [0.1, 0.15) is 17.6 Å². The van der Waals surface area contributed by atoms with Crippen LogP contribution in [0, 0.1) is 18.3 Å². The van der Waals surface area contributed by atoms with Crippen molar-refractivity contribution in [3.8, 4) is 0 Å². The fourth-order valence-electron chi connectivity index (χ4n) is 2.79. The second-order valence-electron chi connectivity index (χ2n) is 6.96. The fraction of sp³-hybridized carbons (Fsp3) is 0.467. The van der Waals surface area contributed by atoms with Crippen LogP contribution in [0.25, 0.3) is 5.76 Å². The van der Waals surface area contributed by atoms with Crippen molar-refractivity contribution in [2.24, 2.45) is 15.9 Å². The average Bonchev–Trinajstić information content (AvgIpc) is 2.97. The van der Waals surface area contributed by atoms with Gasteiger partial charge >= 0.3 is 28.5 Å². The van der Waals surface area contributed by atoms with Gasteiger partial charge in [0.2, 0.25) is 0 Å². The number of aliphatic hydroxyl groups excluding tert-OH is 1. The quantitative estimate of drug-likeness (QED) is 0.105. The van der Waals surface area contributed by atoms with Crippen LogP contribution >= 0.6 is 34.8 Å². The molecule has 16 nitrogen and oxygen atoms in total. The molecule has 0 bridgehead atoms. The van der Waals surface area contributed by atoms with Crippen LogP contribution in [0.3, 0.4) is 0 Å². The molecule has 0 fully saturated rings. The highest BCUT2D eigenvalue weighted by Gasteiger charge is 2.34. The molecule has 20 heteroatoms. The number of amidine groups is 2. The summed E-state index contributed by atoms with van der Waals surface area (Å²) in [6, 6.07) is 0. The summed E-state index contributed by atoms with van der Waals surface area (Å²) in [5.41, 5.74) is 0.542. The molecule has 2 atom stereocenters. The first-order valence-electron chi connectivity index (χ1n) is 9.51. The maximum absolute atomic E-state index is 11.6. The molecule has 1 aliphatic rings. The number of nitrogens with zero attached hydrogens (tertiary/aromatic N) is 3. The minimum absolute atomic E-state index is 0.0236. The first-order chi connectivity index (χ1) is 16.0. The van der Waals surface area contributed by atoms with E-state index in [9.17, 15) is 23.7 Å². The van der Waals surface area contributed by atoms with E-state index in [-0.39, 0.29) is 23.8 Å². The second-order valence-corrected chi connectivity index (χ2v) is 12.1. The van der Waals surface area contributed by atoms with Crippen molar-refractivity contribution < 1.29 is 61.2 Å². The van der Waals surface area contributed by atoms with Crippen LogP contribution in [0.1, 0.15) is 22.5 Å². The Labute approximate surface area is 202 Å². The Hall–Kier alpha value is -1.45. The number of phosphoric ester groups is 2. The molecule has 196 valence electrons. The lowest BCUT2D eigenvalue weighted by Gasteiger charge is -2.12. The SMILES string of the molecule is CC1=NC(=N)C(C[n+]2c(/C(O)=C/COP(=O)(O)O)sc(CCOP(=O)(O)OP(=O)(O)O)c2C)C=N1. The van der Waals surface area contributed by atoms with Crippen LogP contribution in [-0.4, -0.2) is 60.7 Å². The Morgan fingerprint density at radius 3 is 2.40 bits per heavy atom. The third kappa shape index (κ3) is 9.84. The van der Waals surface area contributed by atoms with Gasteiger partial charge < -0.3 is 29.6 Å². The number of nitrogens with one attached hydrogen (secondary N) is 1. The highest BCUT2D eigenvalue weighted by Crippen LogP contribution is 2.57. The number of aliphatic hydroxyl groups is 1. The molecule has 2 rings (SSSR count). The van der Waals surface area contributed by atoms with Gasteiger partial charge in [0.25, 0.3) is 0 Å². The first-order valence-corrected chi connectivity index (χ1v) is 14.9. The summed E-state index contributed by atoms with van der Waals surface area (Å²) in [7, 11) is -15.1. The van der Waals surface area contributed by atoms with Gasteiger partial charge in [-0.3, -0.25) is 14.5 Å². The standard InChI is InChI=1S/C15H23N4O12P3S/c1-9-13(4-6-30-34(27,28)31-33(24,25)26)35-15(12(20)3-5-29-32(21,22)23)19(9)8-11-7-17-10(2)18-14(11)16/h3,7,11,16H,4-6,8H2,1-2H3,(H5-,20,21,22,23,24,25,26,27,28)/p+1/b12-3-,16-14?. The lowest BCUT2D eigenvalue weighted by molar-refractivity contribution is -0.702. The molecule has 1 aliphatic heterocycles. The molecule has 1 aromatic rings. The molecule has 0 saturated heterocycles. The number of aromatic nitrogens is 1. The van der Waals surface area contributed by atoms with Crippen molar-refractivity contribution in [3.05, 3.63) is 21.7 Å². The third-order valence-electron chi connectivity index (χ3n) is 4.26. The molecule has 0 saturated carbocycles.